The fourth-order valence-corrected chi connectivity index (χ4v) is 1.51. The van der Waals surface area contributed by atoms with Crippen molar-refractivity contribution in [2.75, 3.05) is 6.61 Å². The average Bonchev–Trinajstić information content (AvgIpc) is 2.32. The van der Waals surface area contributed by atoms with Gasteiger partial charge in [-0.15, -0.1) is 6.58 Å². The summed E-state index contributed by atoms with van der Waals surface area (Å²) in [5, 5.41) is 11.2. The summed E-state index contributed by atoms with van der Waals surface area (Å²) in [6.07, 6.45) is 3.11. The number of ether oxygens (including phenoxy) is 1. The van der Waals surface area contributed by atoms with Gasteiger partial charge in [-0.2, -0.15) is 0 Å². The van der Waals surface area contributed by atoms with Gasteiger partial charge in [0, 0.05) is 0 Å². The van der Waals surface area contributed by atoms with Crippen LogP contribution in [0.4, 0.5) is 4.79 Å². The van der Waals surface area contributed by atoms with Crippen molar-refractivity contribution >= 4 is 6.09 Å². The molecular formula is C15H28NO4. The lowest BCUT2D eigenvalue weighted by Gasteiger charge is -2.30. The van der Waals surface area contributed by atoms with E-state index in [0.29, 0.717) is 6.61 Å². The largest absolute Gasteiger partial charge is 0.449 e. The molecule has 0 aliphatic rings. The summed E-state index contributed by atoms with van der Waals surface area (Å²) >= 11 is 0. The lowest BCUT2D eigenvalue weighted by Crippen LogP contribution is -2.45. The van der Waals surface area contributed by atoms with Gasteiger partial charge in [0.15, 0.2) is 0 Å². The predicted octanol–water partition coefficient (Wildman–Crippen LogP) is 3.77. The predicted molar refractivity (Wildman–Crippen MR) is 79.0 cm³/mol. The normalized spacial score (nSPS) is 13.7. The maximum absolute atomic E-state index is 11.8. The molecule has 2 N–H and O–H groups in total. The van der Waals surface area contributed by atoms with Crippen molar-refractivity contribution in [3.8, 4) is 0 Å². The van der Waals surface area contributed by atoms with Gasteiger partial charge in [0.25, 0.3) is 0 Å². The van der Waals surface area contributed by atoms with Crippen molar-refractivity contribution in [2.24, 2.45) is 10.8 Å². The maximum atomic E-state index is 11.8. The third kappa shape index (κ3) is 8.17. The Morgan fingerprint density at radius 3 is 2.40 bits per heavy atom. The van der Waals surface area contributed by atoms with E-state index < -0.39 is 12.1 Å². The molecule has 1 radical (unpaired) electrons. The zero-order valence-electron chi connectivity index (χ0n) is 13.2. The second kappa shape index (κ2) is 8.27. The lowest BCUT2D eigenvalue weighted by atomic mass is 9.87. The van der Waals surface area contributed by atoms with Crippen molar-refractivity contribution in [1.82, 2.24) is 5.32 Å². The standard InChI is InChI=1S/C15H28NO4/c1-7-8-9-15(5,6)11-19-13(17)16-12(10-20-18)14(2,3)4/h7,10,12,18H,1,8-9,11H2,2-6H3,(H,16,17). The van der Waals surface area contributed by atoms with E-state index >= 15 is 0 Å². The van der Waals surface area contributed by atoms with Crippen molar-refractivity contribution in [3.05, 3.63) is 19.3 Å². The first kappa shape index (κ1) is 18.9. The number of carbonyl (C=O) groups excluding carboxylic acids is 1. The molecule has 0 fully saturated rings. The van der Waals surface area contributed by atoms with Gasteiger partial charge < -0.3 is 10.1 Å². The monoisotopic (exact) mass is 286 g/mol. The number of rotatable bonds is 8. The molecule has 0 aliphatic heterocycles. The minimum Gasteiger partial charge on any atom is -0.449 e. The first-order valence-corrected chi connectivity index (χ1v) is 6.80. The van der Waals surface area contributed by atoms with Gasteiger partial charge in [-0.1, -0.05) is 40.7 Å². The lowest BCUT2D eigenvalue weighted by molar-refractivity contribution is -0.218. The van der Waals surface area contributed by atoms with Gasteiger partial charge in [0.1, 0.15) is 6.61 Å². The molecule has 1 unspecified atom stereocenters. The molecule has 5 nitrogen and oxygen atoms in total. The Labute approximate surface area is 122 Å². The molecule has 117 valence electrons. The Bertz CT molecular complexity index is 307. The summed E-state index contributed by atoms with van der Waals surface area (Å²) in [4.78, 5) is 15.8. The van der Waals surface area contributed by atoms with Crippen LogP contribution in [-0.4, -0.2) is 24.0 Å². The van der Waals surface area contributed by atoms with E-state index in [2.05, 4.69) is 16.8 Å². The molecule has 1 atom stereocenters. The van der Waals surface area contributed by atoms with E-state index in [-0.39, 0.29) is 10.8 Å². The fourth-order valence-electron chi connectivity index (χ4n) is 1.51. The molecule has 0 saturated carbocycles. The van der Waals surface area contributed by atoms with E-state index in [0.717, 1.165) is 12.8 Å². The molecule has 20 heavy (non-hydrogen) atoms. The number of hydrogen-bond acceptors (Lipinski definition) is 4. The number of carbonyl (C=O) groups is 1. The van der Waals surface area contributed by atoms with Crippen LogP contribution in [0.3, 0.4) is 0 Å². The van der Waals surface area contributed by atoms with Gasteiger partial charge in [-0.3, -0.25) is 5.26 Å². The molecule has 0 aromatic rings. The smallest absolute Gasteiger partial charge is 0.407 e. The minimum absolute atomic E-state index is 0.0973. The molecule has 0 aromatic carbocycles. The highest BCUT2D eigenvalue weighted by Crippen LogP contribution is 2.24. The van der Waals surface area contributed by atoms with E-state index in [1.54, 1.807) is 0 Å². The van der Waals surface area contributed by atoms with E-state index in [9.17, 15) is 4.79 Å². The number of nitrogens with one attached hydrogen (secondary N) is 1. The topological polar surface area (TPSA) is 67.8 Å². The molecule has 0 aliphatic carbocycles. The van der Waals surface area contributed by atoms with Gasteiger partial charge in [0.05, 0.1) is 12.6 Å². The highest BCUT2D eigenvalue weighted by molar-refractivity contribution is 5.67. The van der Waals surface area contributed by atoms with E-state index in [4.69, 9.17) is 9.99 Å². The van der Waals surface area contributed by atoms with Crippen molar-refractivity contribution in [1.29, 1.82) is 0 Å². The van der Waals surface area contributed by atoms with E-state index in [1.165, 1.54) is 6.61 Å². The fraction of sp³-hybridized carbons (Fsp3) is 0.733. The van der Waals surface area contributed by atoms with Crippen LogP contribution in [0.1, 0.15) is 47.5 Å². The second-order valence-corrected chi connectivity index (χ2v) is 6.80. The third-order valence-electron chi connectivity index (χ3n) is 3.02. The summed E-state index contributed by atoms with van der Waals surface area (Å²) in [5.41, 5.74) is -0.389. The molecule has 0 bridgehead atoms. The summed E-state index contributed by atoms with van der Waals surface area (Å²) in [6.45, 7) is 15.0. The van der Waals surface area contributed by atoms with Gasteiger partial charge >= 0.3 is 6.09 Å². The molecular weight excluding hydrogens is 258 g/mol. The SMILES string of the molecule is C=CCCC(C)(C)COC(=O)NC([CH]OO)C(C)(C)C. The van der Waals surface area contributed by atoms with Crippen molar-refractivity contribution in [3.63, 3.8) is 0 Å². The van der Waals surface area contributed by atoms with Gasteiger partial charge in [-0.25, -0.2) is 9.68 Å². The van der Waals surface area contributed by atoms with Crippen LogP contribution in [0.15, 0.2) is 12.7 Å². The van der Waals surface area contributed by atoms with Crippen LogP contribution in [0.5, 0.6) is 0 Å². The molecule has 1 amide bonds. The molecule has 0 rings (SSSR count). The van der Waals surface area contributed by atoms with Crippen molar-refractivity contribution in [2.45, 2.75) is 53.5 Å². The Morgan fingerprint density at radius 1 is 1.35 bits per heavy atom. The number of hydrogen-bond donors (Lipinski definition) is 2. The number of amides is 1. The molecule has 5 heteroatoms. The third-order valence-corrected chi connectivity index (χ3v) is 3.02. The van der Waals surface area contributed by atoms with E-state index in [1.807, 2.05) is 40.7 Å². The van der Waals surface area contributed by atoms with Gasteiger partial charge in [0.2, 0.25) is 0 Å². The summed E-state index contributed by atoms with van der Waals surface area (Å²) in [7, 11) is 0. The first-order valence-electron chi connectivity index (χ1n) is 6.80. The Kier molecular flexibility index (Phi) is 7.83. The van der Waals surface area contributed by atoms with Crippen LogP contribution in [0.25, 0.3) is 0 Å². The molecule has 0 aromatic heterocycles. The Morgan fingerprint density at radius 2 is 1.95 bits per heavy atom. The zero-order chi connectivity index (χ0) is 15.8. The highest BCUT2D eigenvalue weighted by atomic mass is 17.1. The van der Waals surface area contributed by atoms with Crippen LogP contribution >= 0.6 is 0 Å². The number of alkyl carbamates (subject to hydrolysis) is 1. The van der Waals surface area contributed by atoms with Crippen LogP contribution < -0.4 is 5.32 Å². The average molecular weight is 286 g/mol. The van der Waals surface area contributed by atoms with Crippen molar-refractivity contribution < 1.29 is 19.7 Å². The second-order valence-electron chi connectivity index (χ2n) is 6.80. The Balaban J connectivity index is 4.30. The van der Waals surface area contributed by atoms with Crippen LogP contribution in [-0.2, 0) is 9.62 Å². The molecule has 0 spiro atoms. The minimum atomic E-state index is -0.523. The molecule has 0 saturated heterocycles. The first-order chi connectivity index (χ1) is 9.12. The quantitative estimate of drug-likeness (QED) is 0.405. The molecule has 0 heterocycles. The zero-order valence-corrected chi connectivity index (χ0v) is 13.2. The highest BCUT2D eigenvalue weighted by Gasteiger charge is 2.28. The van der Waals surface area contributed by atoms with Gasteiger partial charge in [-0.05, 0) is 23.7 Å². The summed E-state index contributed by atoms with van der Waals surface area (Å²) in [6, 6.07) is -0.448. The van der Waals surface area contributed by atoms with Crippen LogP contribution in [0, 0.1) is 17.4 Å². The Hall–Kier alpha value is -1.07. The maximum Gasteiger partial charge on any atom is 0.407 e. The number of allylic oxidation sites excluding steroid dienone is 1. The van der Waals surface area contributed by atoms with Crippen LogP contribution in [0.2, 0.25) is 0 Å². The summed E-state index contributed by atoms with van der Waals surface area (Å²) in [5.74, 6) is 0. The summed E-state index contributed by atoms with van der Waals surface area (Å²) < 4.78 is 5.23.